The molecule has 0 aromatic carbocycles. The normalized spacial score (nSPS) is 13.2. The molecule has 1 fully saturated rings. The molecule has 0 saturated heterocycles. The quantitative estimate of drug-likeness (QED) is 0.589. The molecule has 13 heavy (non-hydrogen) atoms. The molecule has 0 amide bonds. The van der Waals surface area contributed by atoms with Gasteiger partial charge in [0.15, 0.2) is 0 Å². The second kappa shape index (κ2) is 7.78. The third kappa shape index (κ3) is 9.06. The van der Waals surface area contributed by atoms with E-state index in [1.54, 1.807) is 6.20 Å². The maximum absolute atomic E-state index is 3.98. The van der Waals surface area contributed by atoms with Gasteiger partial charge in [-0.1, -0.05) is 39.7 Å². The van der Waals surface area contributed by atoms with Crippen LogP contribution in [0.2, 0.25) is 0 Å². The highest BCUT2D eigenvalue weighted by molar-refractivity contribution is 4.99. The van der Waals surface area contributed by atoms with Gasteiger partial charge in [0, 0.05) is 11.9 Å². The van der Waals surface area contributed by atoms with E-state index < -0.39 is 0 Å². The fourth-order valence-corrected chi connectivity index (χ4v) is 0.615. The molecule has 74 valence electrons. The first kappa shape index (κ1) is 12.2. The first-order chi connectivity index (χ1) is 6.29. The average molecular weight is 179 g/mol. The van der Waals surface area contributed by atoms with Gasteiger partial charge >= 0.3 is 0 Å². The summed E-state index contributed by atoms with van der Waals surface area (Å²) in [6, 6.07) is 5.86. The Labute approximate surface area is 82.2 Å². The lowest BCUT2D eigenvalue weighted by atomic mass is 10.4. The molecule has 0 unspecified atom stereocenters. The smallest absolute Gasteiger partial charge is 0.0372 e. The van der Waals surface area contributed by atoms with Crippen LogP contribution in [0.3, 0.4) is 0 Å². The molecule has 1 heterocycles. The van der Waals surface area contributed by atoms with E-state index in [0.717, 1.165) is 11.6 Å². The lowest BCUT2D eigenvalue weighted by molar-refractivity contribution is 0.983. The predicted octanol–water partition coefficient (Wildman–Crippen LogP) is 3.83. The van der Waals surface area contributed by atoms with Crippen LogP contribution >= 0.6 is 0 Å². The van der Waals surface area contributed by atoms with E-state index in [1.165, 1.54) is 12.8 Å². The molecule has 0 aliphatic heterocycles. The molecule has 0 bridgehead atoms. The monoisotopic (exact) mass is 179 g/mol. The number of rotatable bonds is 0. The van der Waals surface area contributed by atoms with Crippen LogP contribution in [0.25, 0.3) is 0 Å². The fraction of sp³-hybridized carbons (Fsp3) is 0.583. The van der Waals surface area contributed by atoms with Crippen LogP contribution in [0.1, 0.15) is 39.3 Å². The Morgan fingerprint density at radius 3 is 1.92 bits per heavy atom. The van der Waals surface area contributed by atoms with Crippen LogP contribution < -0.4 is 0 Å². The van der Waals surface area contributed by atoms with Crippen LogP contribution in [-0.4, -0.2) is 4.98 Å². The summed E-state index contributed by atoms with van der Waals surface area (Å²) in [4.78, 5) is 3.98. The summed E-state index contributed by atoms with van der Waals surface area (Å²) in [5.74, 6) is 1.08. The van der Waals surface area contributed by atoms with Gasteiger partial charge in [-0.3, -0.25) is 4.98 Å². The zero-order chi connectivity index (χ0) is 10.1. The highest BCUT2D eigenvalue weighted by atomic mass is 14.6. The SMILES string of the molecule is CC.CC1CC1.Cc1ccccn1. The summed E-state index contributed by atoms with van der Waals surface area (Å²) < 4.78 is 0. The Morgan fingerprint density at radius 2 is 1.77 bits per heavy atom. The van der Waals surface area contributed by atoms with Crippen molar-refractivity contribution in [1.29, 1.82) is 0 Å². The standard InChI is InChI=1S/C6H7N.C4H8.C2H6/c1-6-4-2-3-5-7-6;1-4-2-3-4;1-2/h2-5H,1H3;4H,2-3H2,1H3;1-2H3. The van der Waals surface area contributed by atoms with Crippen molar-refractivity contribution in [3.05, 3.63) is 30.1 Å². The van der Waals surface area contributed by atoms with Gasteiger partial charge in [-0.25, -0.2) is 0 Å². The summed E-state index contributed by atoms with van der Waals surface area (Å²) in [6.45, 7) is 8.25. The van der Waals surface area contributed by atoms with E-state index in [2.05, 4.69) is 11.9 Å². The van der Waals surface area contributed by atoms with Crippen molar-refractivity contribution >= 4 is 0 Å². The van der Waals surface area contributed by atoms with Gasteiger partial charge in [0.05, 0.1) is 0 Å². The molecule has 2 rings (SSSR count). The lowest BCUT2D eigenvalue weighted by Gasteiger charge is -1.82. The van der Waals surface area contributed by atoms with Crippen LogP contribution in [-0.2, 0) is 0 Å². The molecule has 0 atom stereocenters. The first-order valence-electron chi connectivity index (χ1n) is 5.16. The number of pyridine rings is 1. The topological polar surface area (TPSA) is 12.9 Å². The Hall–Kier alpha value is -0.850. The summed E-state index contributed by atoms with van der Waals surface area (Å²) >= 11 is 0. The molecule has 1 saturated carbocycles. The van der Waals surface area contributed by atoms with E-state index in [1.807, 2.05) is 39.0 Å². The maximum Gasteiger partial charge on any atom is 0.0372 e. The summed E-state index contributed by atoms with van der Waals surface area (Å²) in [7, 11) is 0. The third-order valence-corrected chi connectivity index (χ3v) is 1.68. The fourth-order valence-electron chi connectivity index (χ4n) is 0.615. The van der Waals surface area contributed by atoms with E-state index in [-0.39, 0.29) is 0 Å². The molecule has 1 nitrogen and oxygen atoms in total. The van der Waals surface area contributed by atoms with Crippen LogP contribution in [0, 0.1) is 12.8 Å². The van der Waals surface area contributed by atoms with Gasteiger partial charge in [0.2, 0.25) is 0 Å². The van der Waals surface area contributed by atoms with E-state index in [4.69, 9.17) is 0 Å². The summed E-state index contributed by atoms with van der Waals surface area (Å²) in [6.07, 6.45) is 4.76. The van der Waals surface area contributed by atoms with Crippen LogP contribution in [0.4, 0.5) is 0 Å². The van der Waals surface area contributed by atoms with E-state index in [9.17, 15) is 0 Å². The molecule has 0 N–H and O–H groups in total. The molecule has 1 heteroatoms. The maximum atomic E-state index is 3.98. The molecule has 1 aliphatic carbocycles. The summed E-state index contributed by atoms with van der Waals surface area (Å²) in [5.41, 5.74) is 1.07. The number of hydrogen-bond donors (Lipinski definition) is 0. The van der Waals surface area contributed by atoms with Crippen molar-refractivity contribution in [3.63, 3.8) is 0 Å². The van der Waals surface area contributed by atoms with Crippen molar-refractivity contribution < 1.29 is 0 Å². The van der Waals surface area contributed by atoms with Gasteiger partial charge in [-0.15, -0.1) is 0 Å². The number of aryl methyl sites for hydroxylation is 1. The van der Waals surface area contributed by atoms with Crippen molar-refractivity contribution in [2.45, 2.75) is 40.5 Å². The molecule has 0 spiro atoms. The first-order valence-corrected chi connectivity index (χ1v) is 5.16. The van der Waals surface area contributed by atoms with Crippen molar-refractivity contribution in [1.82, 2.24) is 4.98 Å². The minimum absolute atomic E-state index is 1.07. The van der Waals surface area contributed by atoms with Gasteiger partial charge in [-0.2, -0.15) is 0 Å². The van der Waals surface area contributed by atoms with Gasteiger partial charge in [0.25, 0.3) is 0 Å². The van der Waals surface area contributed by atoms with E-state index >= 15 is 0 Å². The van der Waals surface area contributed by atoms with Gasteiger partial charge in [-0.05, 0) is 25.0 Å². The minimum atomic E-state index is 1.07. The second-order valence-corrected chi connectivity index (χ2v) is 3.15. The van der Waals surface area contributed by atoms with Crippen molar-refractivity contribution in [2.75, 3.05) is 0 Å². The molecule has 1 aromatic rings. The second-order valence-electron chi connectivity index (χ2n) is 3.15. The lowest BCUT2D eigenvalue weighted by Crippen LogP contribution is -1.72. The largest absolute Gasteiger partial charge is 0.262 e. The molecular weight excluding hydrogens is 158 g/mol. The Bertz CT molecular complexity index is 190. The predicted molar refractivity (Wildman–Crippen MR) is 58.7 cm³/mol. The Morgan fingerprint density at radius 1 is 1.23 bits per heavy atom. The average Bonchev–Trinajstić information content (AvgIpc) is 2.94. The summed E-state index contributed by atoms with van der Waals surface area (Å²) in [5, 5.41) is 0. The van der Waals surface area contributed by atoms with Gasteiger partial charge in [0.1, 0.15) is 0 Å². The molecule has 1 aromatic heterocycles. The molecular formula is C12H21N. The molecule has 0 radical (unpaired) electrons. The van der Waals surface area contributed by atoms with E-state index in [0.29, 0.717) is 0 Å². The Kier molecular flexibility index (Phi) is 7.27. The van der Waals surface area contributed by atoms with Crippen molar-refractivity contribution in [3.8, 4) is 0 Å². The highest BCUT2D eigenvalue weighted by Gasteiger charge is 2.12. The van der Waals surface area contributed by atoms with Gasteiger partial charge < -0.3 is 0 Å². The number of hydrogen-bond acceptors (Lipinski definition) is 1. The highest BCUT2D eigenvalue weighted by Crippen LogP contribution is 2.26. The third-order valence-electron chi connectivity index (χ3n) is 1.68. The van der Waals surface area contributed by atoms with Crippen molar-refractivity contribution in [2.24, 2.45) is 5.92 Å². The number of aromatic nitrogens is 1. The van der Waals surface area contributed by atoms with Crippen LogP contribution in [0.5, 0.6) is 0 Å². The molecule has 1 aliphatic rings. The minimum Gasteiger partial charge on any atom is -0.262 e. The Balaban J connectivity index is 0.000000204. The zero-order valence-corrected chi connectivity index (χ0v) is 9.25. The number of nitrogens with zero attached hydrogens (tertiary/aromatic N) is 1. The van der Waals surface area contributed by atoms with Crippen LogP contribution in [0.15, 0.2) is 24.4 Å². The zero-order valence-electron chi connectivity index (χ0n) is 9.25.